The molecule has 10 nitrogen and oxygen atoms in total. The lowest BCUT2D eigenvalue weighted by molar-refractivity contribution is -0.134. The number of ether oxygens (including phenoxy) is 2. The largest absolute Gasteiger partial charge is 0.493 e. The highest BCUT2D eigenvalue weighted by atomic mass is 16.5. The van der Waals surface area contributed by atoms with Gasteiger partial charge in [-0.15, -0.1) is 10.2 Å². The molecule has 0 radical (unpaired) electrons. The molecule has 0 aliphatic carbocycles. The molecule has 1 saturated heterocycles. The van der Waals surface area contributed by atoms with Gasteiger partial charge in [0.1, 0.15) is 5.52 Å². The Hall–Kier alpha value is -4.21. The molecule has 4 aromatic rings. The van der Waals surface area contributed by atoms with E-state index in [2.05, 4.69) is 36.8 Å². The van der Waals surface area contributed by atoms with Gasteiger partial charge in [-0.1, -0.05) is 11.6 Å². The first-order chi connectivity index (χ1) is 17.1. The van der Waals surface area contributed by atoms with Crippen molar-refractivity contribution in [3.63, 3.8) is 0 Å². The SMILES string of the molecule is COc1cc(/C=N/Nc2nnc3c(n2)[nH]c2ccc(C)cc23)ccc1OCC(=O)N1CCCCC1. The molecule has 2 aromatic carbocycles. The van der Waals surface area contributed by atoms with E-state index in [1.165, 1.54) is 6.42 Å². The van der Waals surface area contributed by atoms with Crippen LogP contribution in [-0.2, 0) is 4.79 Å². The summed E-state index contributed by atoms with van der Waals surface area (Å²) in [5, 5.41) is 13.6. The van der Waals surface area contributed by atoms with Crippen LogP contribution in [0.25, 0.3) is 22.1 Å². The molecule has 5 rings (SSSR count). The number of amides is 1. The first kappa shape index (κ1) is 22.6. The van der Waals surface area contributed by atoms with Gasteiger partial charge in [0.2, 0.25) is 0 Å². The lowest BCUT2D eigenvalue weighted by Gasteiger charge is -2.26. The molecule has 0 spiro atoms. The maximum atomic E-state index is 12.4. The van der Waals surface area contributed by atoms with Crippen LogP contribution >= 0.6 is 0 Å². The van der Waals surface area contributed by atoms with Crippen LogP contribution in [0.5, 0.6) is 11.5 Å². The molecule has 35 heavy (non-hydrogen) atoms. The molecule has 180 valence electrons. The van der Waals surface area contributed by atoms with Gasteiger partial charge in [-0.05, 0) is 62.1 Å². The van der Waals surface area contributed by atoms with Crippen LogP contribution in [0.2, 0.25) is 0 Å². The molecule has 0 bridgehead atoms. The van der Waals surface area contributed by atoms with Crippen LogP contribution in [-0.4, -0.2) is 64.0 Å². The molecule has 1 aliphatic heterocycles. The van der Waals surface area contributed by atoms with Crippen molar-refractivity contribution in [2.75, 3.05) is 32.2 Å². The summed E-state index contributed by atoms with van der Waals surface area (Å²) in [4.78, 5) is 21.9. The Morgan fingerprint density at radius 3 is 2.83 bits per heavy atom. The number of anilines is 1. The number of carbonyl (C=O) groups excluding carboxylic acids is 1. The smallest absolute Gasteiger partial charge is 0.265 e. The van der Waals surface area contributed by atoms with Crippen molar-refractivity contribution in [3.05, 3.63) is 47.5 Å². The summed E-state index contributed by atoms with van der Waals surface area (Å²) in [7, 11) is 1.56. The second-order valence-corrected chi connectivity index (χ2v) is 8.52. The third kappa shape index (κ3) is 5.01. The van der Waals surface area contributed by atoms with E-state index >= 15 is 0 Å². The van der Waals surface area contributed by atoms with Crippen molar-refractivity contribution < 1.29 is 14.3 Å². The van der Waals surface area contributed by atoms with Crippen LogP contribution in [0.15, 0.2) is 41.5 Å². The number of nitrogens with zero attached hydrogens (tertiary/aromatic N) is 5. The van der Waals surface area contributed by atoms with Crippen molar-refractivity contribution >= 4 is 40.1 Å². The highest BCUT2D eigenvalue weighted by molar-refractivity contribution is 6.03. The van der Waals surface area contributed by atoms with Gasteiger partial charge in [-0.25, -0.2) is 5.43 Å². The van der Waals surface area contributed by atoms with Crippen molar-refractivity contribution in [2.45, 2.75) is 26.2 Å². The molecule has 10 heteroatoms. The molecular formula is C25H27N7O3. The standard InChI is InChI=1S/C25H27N7O3/c1-16-6-8-19-18(12-16)23-24(27-19)28-25(31-29-23)30-26-14-17-7-9-20(21(13-17)34-2)35-15-22(33)32-10-4-3-5-11-32/h6-9,12-14H,3-5,10-11,15H2,1-2H3,(H2,27,28,30,31)/b26-14+. The lowest BCUT2D eigenvalue weighted by atomic mass is 10.1. The number of benzene rings is 2. The van der Waals surface area contributed by atoms with Crippen molar-refractivity contribution in [2.24, 2.45) is 5.10 Å². The summed E-state index contributed by atoms with van der Waals surface area (Å²) in [6.07, 6.45) is 4.89. The maximum absolute atomic E-state index is 12.4. The Labute approximate surface area is 202 Å². The van der Waals surface area contributed by atoms with E-state index in [1.54, 1.807) is 25.5 Å². The molecule has 0 unspecified atom stereocenters. The summed E-state index contributed by atoms with van der Waals surface area (Å²) in [5.41, 5.74) is 7.05. The van der Waals surface area contributed by atoms with E-state index in [9.17, 15) is 4.79 Å². The molecule has 0 saturated carbocycles. The molecule has 1 amide bonds. The number of carbonyl (C=O) groups is 1. The van der Waals surface area contributed by atoms with E-state index in [-0.39, 0.29) is 18.5 Å². The average Bonchev–Trinajstić information content (AvgIpc) is 3.25. The van der Waals surface area contributed by atoms with Gasteiger partial charge >= 0.3 is 0 Å². The number of hydrogen-bond donors (Lipinski definition) is 2. The number of aromatic amines is 1. The van der Waals surface area contributed by atoms with E-state index < -0.39 is 0 Å². The average molecular weight is 474 g/mol. The molecule has 1 fully saturated rings. The van der Waals surface area contributed by atoms with E-state index in [4.69, 9.17) is 9.47 Å². The summed E-state index contributed by atoms with van der Waals surface area (Å²) in [6, 6.07) is 11.5. The Balaban J connectivity index is 1.23. The van der Waals surface area contributed by atoms with Crippen molar-refractivity contribution in [1.82, 2.24) is 25.1 Å². The summed E-state index contributed by atoms with van der Waals surface area (Å²) in [6.45, 7) is 3.62. The topological polar surface area (TPSA) is 118 Å². The zero-order valence-corrected chi connectivity index (χ0v) is 19.7. The fourth-order valence-corrected chi connectivity index (χ4v) is 4.15. The second-order valence-electron chi connectivity index (χ2n) is 8.52. The van der Waals surface area contributed by atoms with E-state index in [0.717, 1.165) is 53.5 Å². The van der Waals surface area contributed by atoms with Crippen LogP contribution < -0.4 is 14.9 Å². The van der Waals surface area contributed by atoms with Crippen LogP contribution in [0.3, 0.4) is 0 Å². The first-order valence-corrected chi connectivity index (χ1v) is 11.6. The third-order valence-corrected chi connectivity index (χ3v) is 6.00. The number of methoxy groups -OCH3 is 1. The van der Waals surface area contributed by atoms with E-state index in [1.807, 2.05) is 30.0 Å². The zero-order valence-electron chi connectivity index (χ0n) is 19.7. The number of fused-ring (bicyclic) bond motifs is 3. The van der Waals surface area contributed by atoms with Crippen LogP contribution in [0, 0.1) is 6.92 Å². The van der Waals surface area contributed by atoms with Gasteiger partial charge in [0.05, 0.1) is 13.3 Å². The second kappa shape index (κ2) is 9.96. The van der Waals surface area contributed by atoms with Gasteiger partial charge in [-0.3, -0.25) is 4.79 Å². The Kier molecular flexibility index (Phi) is 6.42. The number of likely N-dealkylation sites (tertiary alicyclic amines) is 1. The van der Waals surface area contributed by atoms with Crippen molar-refractivity contribution in [3.8, 4) is 11.5 Å². The molecule has 2 aromatic heterocycles. The number of aromatic nitrogens is 4. The van der Waals surface area contributed by atoms with E-state index in [0.29, 0.717) is 17.1 Å². The van der Waals surface area contributed by atoms with Crippen molar-refractivity contribution in [1.29, 1.82) is 0 Å². The number of aryl methyl sites for hydroxylation is 1. The molecule has 3 heterocycles. The first-order valence-electron chi connectivity index (χ1n) is 11.6. The minimum absolute atomic E-state index is 0.00253. The highest BCUT2D eigenvalue weighted by Gasteiger charge is 2.17. The maximum Gasteiger partial charge on any atom is 0.265 e. The summed E-state index contributed by atoms with van der Waals surface area (Å²) < 4.78 is 11.2. The predicted octanol–water partition coefficient (Wildman–Crippen LogP) is 3.66. The Morgan fingerprint density at radius 1 is 1.14 bits per heavy atom. The highest BCUT2D eigenvalue weighted by Crippen LogP contribution is 2.28. The zero-order chi connectivity index (χ0) is 24.2. The van der Waals surface area contributed by atoms with Crippen LogP contribution in [0.1, 0.15) is 30.4 Å². The number of hydrazone groups is 1. The monoisotopic (exact) mass is 473 g/mol. The molecule has 0 atom stereocenters. The van der Waals surface area contributed by atoms with Gasteiger partial charge < -0.3 is 19.4 Å². The Bertz CT molecular complexity index is 1390. The number of hydrogen-bond acceptors (Lipinski definition) is 8. The normalized spacial score (nSPS) is 14.1. The molecule has 2 N–H and O–H groups in total. The van der Waals surface area contributed by atoms with Gasteiger partial charge in [-0.2, -0.15) is 10.1 Å². The number of H-pyrrole nitrogens is 1. The quantitative estimate of drug-likeness (QED) is 0.311. The summed E-state index contributed by atoms with van der Waals surface area (Å²) in [5.74, 6) is 1.31. The minimum atomic E-state index is -0.00844. The van der Waals surface area contributed by atoms with Gasteiger partial charge in [0.15, 0.2) is 23.8 Å². The van der Waals surface area contributed by atoms with Gasteiger partial charge in [0, 0.05) is 24.0 Å². The van der Waals surface area contributed by atoms with Crippen LogP contribution in [0.4, 0.5) is 5.95 Å². The number of rotatable bonds is 7. The number of nitrogens with one attached hydrogen (secondary N) is 2. The molecular weight excluding hydrogens is 446 g/mol. The number of piperidine rings is 1. The lowest BCUT2D eigenvalue weighted by Crippen LogP contribution is -2.38. The summed E-state index contributed by atoms with van der Waals surface area (Å²) >= 11 is 0. The molecule has 1 aliphatic rings. The fraction of sp³-hybridized carbons (Fsp3) is 0.320. The fourth-order valence-electron chi connectivity index (χ4n) is 4.15. The van der Waals surface area contributed by atoms with Gasteiger partial charge in [0.25, 0.3) is 11.9 Å². The Morgan fingerprint density at radius 2 is 2.00 bits per heavy atom. The predicted molar refractivity (Wildman–Crippen MR) is 134 cm³/mol. The third-order valence-electron chi connectivity index (χ3n) is 6.00. The minimum Gasteiger partial charge on any atom is -0.493 e.